The Morgan fingerprint density at radius 3 is 2.97 bits per heavy atom. The van der Waals surface area contributed by atoms with E-state index in [0.717, 1.165) is 12.8 Å². The molecule has 0 amide bonds. The zero-order valence-electron chi connectivity index (χ0n) is 16.5. The van der Waals surface area contributed by atoms with E-state index in [0.29, 0.717) is 11.2 Å². The third-order valence-corrected chi connectivity index (χ3v) is 6.48. The number of ether oxygens (including phenoxy) is 2. The van der Waals surface area contributed by atoms with Crippen LogP contribution >= 0.6 is 7.82 Å². The lowest BCUT2D eigenvalue weighted by Crippen LogP contribution is -2.54. The second-order valence-corrected chi connectivity index (χ2v) is 8.89. The molecule has 0 saturated carbocycles. The van der Waals surface area contributed by atoms with Crippen molar-refractivity contribution in [3.8, 4) is 5.88 Å². The second kappa shape index (κ2) is 7.46. The highest BCUT2D eigenvalue weighted by Crippen LogP contribution is 2.58. The van der Waals surface area contributed by atoms with Crippen LogP contribution in [0.4, 0.5) is 5.95 Å². The van der Waals surface area contributed by atoms with Crippen LogP contribution in [-0.2, 0) is 22.9 Å². The Morgan fingerprint density at radius 1 is 1.45 bits per heavy atom. The highest BCUT2D eigenvalue weighted by molar-refractivity contribution is 7.48. The molecule has 0 aromatic carbocycles. The molecule has 2 aromatic rings. The summed E-state index contributed by atoms with van der Waals surface area (Å²) in [7, 11) is -2.25. The number of hydrogen-bond acceptors (Lipinski definition) is 11. The monoisotopic (exact) mass is 428 g/mol. The van der Waals surface area contributed by atoms with Crippen LogP contribution in [0.3, 0.4) is 0 Å². The Hall–Kier alpha value is -1.82. The standard InChI is InChI=1S/C16H25N6O6P/c1-4-5-6-25-29(23)26-7-9-11(28-29)16(2,18)14(27-9)22-8-19-10-12(22)20-15(17)21-13(10)24-3/h8-9,11,14H,4-7,18H2,1-3H3,(H2,17,20,21)/t9-,11-,14-,16-,29?/m1/s1. The number of imidazole rings is 1. The van der Waals surface area contributed by atoms with Crippen LogP contribution < -0.4 is 16.2 Å². The fourth-order valence-electron chi connectivity index (χ4n) is 3.54. The molecule has 0 radical (unpaired) electrons. The molecular formula is C16H25N6O6P. The lowest BCUT2D eigenvalue weighted by atomic mass is 9.93. The van der Waals surface area contributed by atoms with Crippen LogP contribution in [0, 0.1) is 0 Å². The van der Waals surface area contributed by atoms with Crippen molar-refractivity contribution in [2.45, 2.75) is 50.7 Å². The largest absolute Gasteiger partial charge is 0.479 e. The van der Waals surface area contributed by atoms with Crippen LogP contribution in [0.15, 0.2) is 6.33 Å². The summed E-state index contributed by atoms with van der Waals surface area (Å²) in [6, 6.07) is 0. The number of nitrogen functional groups attached to an aromatic ring is 1. The molecule has 4 N–H and O–H groups in total. The molecule has 160 valence electrons. The lowest BCUT2D eigenvalue weighted by molar-refractivity contribution is -0.0706. The number of methoxy groups -OCH3 is 1. The number of rotatable bonds is 6. The quantitative estimate of drug-likeness (QED) is 0.505. The fourth-order valence-corrected chi connectivity index (χ4v) is 5.06. The van der Waals surface area contributed by atoms with Gasteiger partial charge in [0.2, 0.25) is 11.8 Å². The minimum absolute atomic E-state index is 0.0265. The van der Waals surface area contributed by atoms with Crippen molar-refractivity contribution in [2.75, 3.05) is 26.1 Å². The van der Waals surface area contributed by atoms with E-state index in [-0.39, 0.29) is 25.0 Å². The Balaban J connectivity index is 1.64. The van der Waals surface area contributed by atoms with Gasteiger partial charge in [-0.05, 0) is 13.3 Å². The van der Waals surface area contributed by atoms with Crippen LogP contribution in [0.25, 0.3) is 11.2 Å². The highest BCUT2D eigenvalue weighted by Gasteiger charge is 2.59. The molecule has 0 aliphatic carbocycles. The molecule has 2 aliphatic rings. The van der Waals surface area contributed by atoms with E-state index in [1.54, 1.807) is 11.5 Å². The van der Waals surface area contributed by atoms with Crippen LogP contribution in [-0.4, -0.2) is 57.6 Å². The normalized spacial score (nSPS) is 34.4. The zero-order valence-corrected chi connectivity index (χ0v) is 17.4. The molecule has 4 heterocycles. The third kappa shape index (κ3) is 3.49. The number of nitrogens with two attached hydrogens (primary N) is 2. The van der Waals surface area contributed by atoms with Gasteiger partial charge in [0, 0.05) is 0 Å². The number of nitrogens with zero attached hydrogens (tertiary/aromatic N) is 4. The van der Waals surface area contributed by atoms with Gasteiger partial charge in [0.1, 0.15) is 12.2 Å². The molecule has 29 heavy (non-hydrogen) atoms. The first kappa shape index (κ1) is 20.5. The Kier molecular flexibility index (Phi) is 5.26. The summed E-state index contributed by atoms with van der Waals surface area (Å²) in [5, 5.41) is 0. The van der Waals surface area contributed by atoms with Gasteiger partial charge >= 0.3 is 7.82 Å². The summed E-state index contributed by atoms with van der Waals surface area (Å²) >= 11 is 0. The van der Waals surface area contributed by atoms with E-state index in [1.165, 1.54) is 13.4 Å². The van der Waals surface area contributed by atoms with Crippen molar-refractivity contribution in [3.05, 3.63) is 6.33 Å². The summed E-state index contributed by atoms with van der Waals surface area (Å²) in [5.41, 5.74) is 12.1. The maximum Gasteiger partial charge on any atom is 0.475 e. The summed E-state index contributed by atoms with van der Waals surface area (Å²) in [5.74, 6) is 0.271. The molecule has 0 bridgehead atoms. The second-order valence-electron chi connectivity index (χ2n) is 7.26. The van der Waals surface area contributed by atoms with Crippen LogP contribution in [0.2, 0.25) is 0 Å². The minimum Gasteiger partial charge on any atom is -0.479 e. The predicted octanol–water partition coefficient (Wildman–Crippen LogP) is 1.37. The van der Waals surface area contributed by atoms with Crippen molar-refractivity contribution in [2.24, 2.45) is 5.73 Å². The number of hydrogen-bond donors (Lipinski definition) is 2. The topological polar surface area (TPSA) is 159 Å². The molecule has 2 fully saturated rings. The van der Waals surface area contributed by atoms with Crippen molar-refractivity contribution in [3.63, 3.8) is 0 Å². The van der Waals surface area contributed by atoms with Gasteiger partial charge in [0.15, 0.2) is 17.4 Å². The van der Waals surface area contributed by atoms with E-state index in [4.69, 9.17) is 34.5 Å². The first-order valence-electron chi connectivity index (χ1n) is 9.35. The molecule has 4 rings (SSSR count). The van der Waals surface area contributed by atoms with E-state index in [9.17, 15) is 4.57 Å². The van der Waals surface area contributed by atoms with Crippen molar-refractivity contribution < 1.29 is 27.6 Å². The summed E-state index contributed by atoms with van der Waals surface area (Å²) in [6.07, 6.45) is 1.18. The summed E-state index contributed by atoms with van der Waals surface area (Å²) < 4.78 is 42.2. The van der Waals surface area contributed by atoms with Crippen molar-refractivity contribution >= 4 is 24.9 Å². The number of phosphoric acid groups is 1. The molecule has 2 aliphatic heterocycles. The van der Waals surface area contributed by atoms with E-state index >= 15 is 0 Å². The van der Waals surface area contributed by atoms with E-state index < -0.39 is 31.8 Å². The third-order valence-electron chi connectivity index (χ3n) is 5.03. The average Bonchev–Trinajstić information content (AvgIpc) is 3.19. The molecule has 1 unspecified atom stereocenters. The Labute approximate surface area is 167 Å². The van der Waals surface area contributed by atoms with Gasteiger partial charge in [0.05, 0.1) is 32.2 Å². The number of fused-ring (bicyclic) bond motifs is 2. The van der Waals surface area contributed by atoms with Gasteiger partial charge in [-0.25, -0.2) is 9.55 Å². The molecule has 2 saturated heterocycles. The number of phosphoric ester groups is 1. The van der Waals surface area contributed by atoms with Crippen LogP contribution in [0.5, 0.6) is 5.88 Å². The Morgan fingerprint density at radius 2 is 2.24 bits per heavy atom. The average molecular weight is 428 g/mol. The maximum absolute atomic E-state index is 12.8. The Bertz CT molecular complexity index is 951. The van der Waals surface area contributed by atoms with E-state index in [1.807, 2.05) is 6.92 Å². The number of aromatic nitrogens is 4. The molecule has 13 heteroatoms. The van der Waals surface area contributed by atoms with Gasteiger partial charge in [0.25, 0.3) is 0 Å². The number of unbranched alkanes of at least 4 members (excludes halogenated alkanes) is 1. The SMILES string of the molecule is CCCCOP1(=O)OC[C@H]2O[C@@H](n3cnc4c(OC)nc(N)nc43)[C@](C)(N)[C@@H]2O1. The summed E-state index contributed by atoms with van der Waals surface area (Å²) in [6.45, 7) is 4.06. The van der Waals surface area contributed by atoms with Gasteiger partial charge in [-0.15, -0.1) is 0 Å². The molecule has 12 nitrogen and oxygen atoms in total. The summed E-state index contributed by atoms with van der Waals surface area (Å²) in [4.78, 5) is 12.6. The van der Waals surface area contributed by atoms with E-state index in [2.05, 4.69) is 15.0 Å². The maximum atomic E-state index is 12.8. The van der Waals surface area contributed by atoms with Gasteiger partial charge in [-0.2, -0.15) is 9.97 Å². The lowest BCUT2D eigenvalue weighted by Gasteiger charge is -2.35. The van der Waals surface area contributed by atoms with Gasteiger partial charge < -0.3 is 20.9 Å². The molecule has 0 spiro atoms. The van der Waals surface area contributed by atoms with Crippen molar-refractivity contribution in [1.29, 1.82) is 0 Å². The first-order valence-corrected chi connectivity index (χ1v) is 10.8. The number of anilines is 1. The smallest absolute Gasteiger partial charge is 0.475 e. The molecule has 2 aromatic heterocycles. The van der Waals surface area contributed by atoms with Crippen molar-refractivity contribution in [1.82, 2.24) is 19.5 Å². The minimum atomic E-state index is -3.72. The first-order chi connectivity index (χ1) is 13.8. The van der Waals surface area contributed by atoms with Crippen LogP contribution in [0.1, 0.15) is 32.9 Å². The highest BCUT2D eigenvalue weighted by atomic mass is 31.2. The molecule has 5 atom stereocenters. The van der Waals surface area contributed by atoms with Gasteiger partial charge in [-0.3, -0.25) is 18.1 Å². The zero-order chi connectivity index (χ0) is 20.8. The van der Waals surface area contributed by atoms with Gasteiger partial charge in [-0.1, -0.05) is 13.3 Å². The molecular weight excluding hydrogens is 403 g/mol. The fraction of sp³-hybridized carbons (Fsp3) is 0.688. The predicted molar refractivity (Wildman–Crippen MR) is 102 cm³/mol.